The van der Waals surface area contributed by atoms with Gasteiger partial charge in [-0.3, -0.25) is 0 Å². The van der Waals surface area contributed by atoms with E-state index in [9.17, 15) is 19.2 Å². The van der Waals surface area contributed by atoms with E-state index in [0.29, 0.717) is 16.7 Å². The molecule has 0 heterocycles. The van der Waals surface area contributed by atoms with Crippen LogP contribution in [-0.2, 0) is 28.5 Å². The molecule has 2 N–H and O–H groups in total. The van der Waals surface area contributed by atoms with Gasteiger partial charge in [0, 0.05) is 30.6 Å². The minimum atomic E-state index is -0.692. The van der Waals surface area contributed by atoms with Crippen molar-refractivity contribution in [3.05, 3.63) is 61.2 Å². The molecule has 2 aromatic carbocycles. The van der Waals surface area contributed by atoms with E-state index in [1.54, 1.807) is 25.1 Å². The van der Waals surface area contributed by atoms with Gasteiger partial charge in [-0.1, -0.05) is 31.4 Å². The SMILES string of the molecule is C=CC(=O)OCCOCCNC(=O)Oc1ccc2ccc(C)c(OC(=O)NCCOCCOC(=O)C=C)c2c1. The van der Waals surface area contributed by atoms with Crippen LogP contribution in [0.2, 0.25) is 0 Å². The van der Waals surface area contributed by atoms with Crippen LogP contribution < -0.4 is 20.1 Å². The molecule has 0 atom stereocenters. The standard InChI is InChI=1S/C27H32N2O10/c1-4-23(30)36-16-14-34-12-10-28-26(32)38-21-9-8-20-7-6-19(3)25(22(20)18-21)39-27(33)29-11-13-35-15-17-37-24(31)5-2/h4-9,18H,1-2,10-17H2,3H3,(H,28,32)(H,29,33). The average molecular weight is 545 g/mol. The summed E-state index contributed by atoms with van der Waals surface area (Å²) in [6.07, 6.45) is 0.743. The van der Waals surface area contributed by atoms with Gasteiger partial charge in [0.15, 0.2) is 0 Å². The first kappa shape index (κ1) is 30.8. The molecule has 0 aromatic heterocycles. The highest BCUT2D eigenvalue weighted by atomic mass is 16.6. The molecule has 0 unspecified atom stereocenters. The van der Waals surface area contributed by atoms with Crippen LogP contribution in [-0.4, -0.2) is 76.9 Å². The van der Waals surface area contributed by atoms with Gasteiger partial charge in [-0.25, -0.2) is 19.2 Å². The molecule has 0 aliphatic rings. The average Bonchev–Trinajstić information content (AvgIpc) is 2.93. The van der Waals surface area contributed by atoms with E-state index in [-0.39, 0.29) is 58.5 Å². The summed E-state index contributed by atoms with van der Waals surface area (Å²) < 4.78 is 30.9. The Labute approximate surface area is 225 Å². The molecule has 39 heavy (non-hydrogen) atoms. The number of fused-ring (bicyclic) bond motifs is 1. The lowest BCUT2D eigenvalue weighted by atomic mass is 10.1. The number of hydrogen-bond donors (Lipinski definition) is 2. The van der Waals surface area contributed by atoms with E-state index in [1.165, 1.54) is 0 Å². The Balaban J connectivity index is 1.81. The molecule has 12 nitrogen and oxygen atoms in total. The number of aryl methyl sites for hydroxylation is 1. The van der Waals surface area contributed by atoms with Crippen molar-refractivity contribution in [1.29, 1.82) is 0 Å². The van der Waals surface area contributed by atoms with Crippen LogP contribution in [0, 0.1) is 6.92 Å². The summed E-state index contributed by atoms with van der Waals surface area (Å²) in [6, 6.07) is 8.63. The number of esters is 2. The third-order valence-corrected chi connectivity index (χ3v) is 4.85. The van der Waals surface area contributed by atoms with Crippen molar-refractivity contribution in [2.75, 3.05) is 52.7 Å². The minimum Gasteiger partial charge on any atom is -0.460 e. The Morgan fingerprint density at radius 3 is 1.85 bits per heavy atom. The quantitative estimate of drug-likeness (QED) is 0.184. The molecule has 0 saturated carbocycles. The number of rotatable bonds is 16. The Morgan fingerprint density at radius 2 is 1.28 bits per heavy atom. The molecule has 2 amide bonds. The van der Waals surface area contributed by atoms with Crippen molar-refractivity contribution >= 4 is 34.9 Å². The maximum absolute atomic E-state index is 12.3. The molecule has 0 fully saturated rings. The lowest BCUT2D eigenvalue weighted by Crippen LogP contribution is -2.30. The van der Waals surface area contributed by atoms with Gasteiger partial charge in [0.05, 0.1) is 26.4 Å². The molecular weight excluding hydrogens is 512 g/mol. The van der Waals surface area contributed by atoms with Crippen LogP contribution in [0.1, 0.15) is 5.56 Å². The fourth-order valence-electron chi connectivity index (χ4n) is 3.03. The predicted octanol–water partition coefficient (Wildman–Crippen LogP) is 2.82. The van der Waals surface area contributed by atoms with Crippen LogP contribution >= 0.6 is 0 Å². The van der Waals surface area contributed by atoms with Crippen LogP contribution in [0.25, 0.3) is 10.8 Å². The maximum Gasteiger partial charge on any atom is 0.412 e. The largest absolute Gasteiger partial charge is 0.460 e. The normalized spacial score (nSPS) is 10.3. The Bertz CT molecular complexity index is 1160. The van der Waals surface area contributed by atoms with Gasteiger partial charge in [-0.15, -0.1) is 0 Å². The van der Waals surface area contributed by atoms with E-state index in [2.05, 4.69) is 23.8 Å². The first-order chi connectivity index (χ1) is 18.8. The van der Waals surface area contributed by atoms with E-state index in [4.69, 9.17) is 28.4 Å². The van der Waals surface area contributed by atoms with Crippen molar-refractivity contribution in [2.24, 2.45) is 0 Å². The fraction of sp³-hybridized carbons (Fsp3) is 0.333. The van der Waals surface area contributed by atoms with Crippen LogP contribution in [0.15, 0.2) is 55.6 Å². The minimum absolute atomic E-state index is 0.0791. The predicted molar refractivity (Wildman–Crippen MR) is 141 cm³/mol. The highest BCUT2D eigenvalue weighted by Crippen LogP contribution is 2.32. The van der Waals surface area contributed by atoms with Crippen molar-refractivity contribution in [2.45, 2.75) is 6.92 Å². The van der Waals surface area contributed by atoms with Gasteiger partial charge in [0.1, 0.15) is 24.7 Å². The number of ether oxygens (including phenoxy) is 6. The molecular formula is C27H32N2O10. The highest BCUT2D eigenvalue weighted by molar-refractivity contribution is 5.93. The molecule has 0 bridgehead atoms. The molecule has 0 spiro atoms. The third-order valence-electron chi connectivity index (χ3n) is 4.85. The first-order valence-corrected chi connectivity index (χ1v) is 12.0. The second-order valence-corrected chi connectivity index (χ2v) is 7.70. The molecule has 0 aliphatic heterocycles. The Kier molecular flexibility index (Phi) is 13.6. The summed E-state index contributed by atoms with van der Waals surface area (Å²) in [5.74, 6) is -0.503. The van der Waals surface area contributed by atoms with Gasteiger partial charge >= 0.3 is 24.1 Å². The zero-order valence-corrected chi connectivity index (χ0v) is 21.7. The molecule has 12 heteroatoms. The molecule has 0 radical (unpaired) electrons. The fourth-order valence-corrected chi connectivity index (χ4v) is 3.03. The summed E-state index contributed by atoms with van der Waals surface area (Å²) in [5, 5.41) is 6.49. The van der Waals surface area contributed by atoms with E-state index < -0.39 is 24.1 Å². The summed E-state index contributed by atoms with van der Waals surface area (Å²) >= 11 is 0. The second kappa shape index (κ2) is 17.2. The zero-order chi connectivity index (χ0) is 28.5. The van der Waals surface area contributed by atoms with Crippen molar-refractivity contribution in [3.8, 4) is 11.5 Å². The topological polar surface area (TPSA) is 148 Å². The smallest absolute Gasteiger partial charge is 0.412 e. The molecule has 2 rings (SSSR count). The lowest BCUT2D eigenvalue weighted by Gasteiger charge is -2.13. The van der Waals surface area contributed by atoms with Crippen LogP contribution in [0.3, 0.4) is 0 Å². The molecule has 210 valence electrons. The number of carbonyl (C=O) groups is 4. The van der Waals surface area contributed by atoms with Gasteiger partial charge in [0.25, 0.3) is 0 Å². The van der Waals surface area contributed by atoms with Gasteiger partial charge < -0.3 is 39.1 Å². The van der Waals surface area contributed by atoms with Gasteiger partial charge in [0.2, 0.25) is 0 Å². The highest BCUT2D eigenvalue weighted by Gasteiger charge is 2.13. The van der Waals surface area contributed by atoms with Gasteiger partial charge in [-0.2, -0.15) is 0 Å². The Morgan fingerprint density at radius 1 is 0.744 bits per heavy atom. The summed E-state index contributed by atoms with van der Waals surface area (Å²) in [6.45, 7) is 9.62. The summed E-state index contributed by atoms with van der Waals surface area (Å²) in [5.41, 5.74) is 0.704. The third kappa shape index (κ3) is 11.7. The number of nitrogens with one attached hydrogen (secondary N) is 2. The zero-order valence-electron chi connectivity index (χ0n) is 21.7. The van der Waals surface area contributed by atoms with Crippen molar-refractivity contribution < 1.29 is 47.6 Å². The number of hydrogen-bond acceptors (Lipinski definition) is 10. The van der Waals surface area contributed by atoms with E-state index >= 15 is 0 Å². The molecule has 0 aliphatic carbocycles. The number of carbonyl (C=O) groups excluding carboxylic acids is 4. The monoisotopic (exact) mass is 544 g/mol. The van der Waals surface area contributed by atoms with Crippen molar-refractivity contribution in [3.63, 3.8) is 0 Å². The van der Waals surface area contributed by atoms with Crippen LogP contribution in [0.5, 0.6) is 11.5 Å². The number of amides is 2. The molecule has 0 saturated heterocycles. The Hall–Kier alpha value is -4.42. The first-order valence-electron chi connectivity index (χ1n) is 12.0. The van der Waals surface area contributed by atoms with Crippen molar-refractivity contribution in [1.82, 2.24) is 10.6 Å². The maximum atomic E-state index is 12.3. The number of benzene rings is 2. The molecule has 2 aromatic rings. The second-order valence-electron chi connectivity index (χ2n) is 7.70. The van der Waals surface area contributed by atoms with Crippen LogP contribution in [0.4, 0.5) is 9.59 Å². The van der Waals surface area contributed by atoms with E-state index in [0.717, 1.165) is 17.5 Å². The van der Waals surface area contributed by atoms with Gasteiger partial charge in [-0.05, 0) is 30.0 Å². The lowest BCUT2D eigenvalue weighted by molar-refractivity contribution is -0.140. The van der Waals surface area contributed by atoms with E-state index in [1.807, 2.05) is 12.1 Å². The summed E-state index contributed by atoms with van der Waals surface area (Å²) in [4.78, 5) is 46.4. The summed E-state index contributed by atoms with van der Waals surface area (Å²) in [7, 11) is 0.